The zero-order chi connectivity index (χ0) is 21.7. The van der Waals surface area contributed by atoms with Crippen LogP contribution in [0.1, 0.15) is 18.9 Å². The molecule has 0 aliphatic heterocycles. The highest BCUT2D eigenvalue weighted by molar-refractivity contribution is 9.10. The Balaban J connectivity index is 1.75. The normalized spacial score (nSPS) is 10.8. The van der Waals surface area contributed by atoms with Gasteiger partial charge in [-0.2, -0.15) is 0 Å². The Labute approximate surface area is 182 Å². The third-order valence-corrected chi connectivity index (χ3v) is 5.18. The predicted octanol–water partition coefficient (Wildman–Crippen LogP) is 3.34. The molecule has 0 atom stereocenters. The van der Waals surface area contributed by atoms with Crippen LogP contribution >= 0.6 is 15.9 Å². The molecule has 156 valence electrons. The summed E-state index contributed by atoms with van der Waals surface area (Å²) >= 11 is 3.35. The second-order valence-electron chi connectivity index (χ2n) is 7.02. The molecule has 0 aliphatic rings. The minimum atomic E-state index is -0.310. The Bertz CT molecular complexity index is 1140. The number of para-hydroxylation sites is 1. The molecular formula is C22H23BrN4O3. The van der Waals surface area contributed by atoms with Gasteiger partial charge in [0.15, 0.2) is 0 Å². The number of hydrogen-bond donors (Lipinski definition) is 1. The molecule has 8 heteroatoms. The van der Waals surface area contributed by atoms with Crippen molar-refractivity contribution in [2.75, 3.05) is 18.4 Å². The van der Waals surface area contributed by atoms with Gasteiger partial charge in [0.05, 0.1) is 23.8 Å². The maximum Gasteiger partial charge on any atom is 0.261 e. The van der Waals surface area contributed by atoms with Crippen LogP contribution in [0.3, 0.4) is 0 Å². The van der Waals surface area contributed by atoms with Crippen molar-refractivity contribution in [1.29, 1.82) is 0 Å². The van der Waals surface area contributed by atoms with Gasteiger partial charge >= 0.3 is 0 Å². The maximum absolute atomic E-state index is 12.9. The highest BCUT2D eigenvalue weighted by atomic mass is 79.9. The minimum Gasteiger partial charge on any atom is -0.332 e. The third-order valence-electron chi connectivity index (χ3n) is 4.69. The monoisotopic (exact) mass is 470 g/mol. The number of fused-ring (bicyclic) bond motifs is 1. The molecule has 0 bridgehead atoms. The van der Waals surface area contributed by atoms with Crippen LogP contribution in [-0.2, 0) is 16.1 Å². The first kappa shape index (κ1) is 21.7. The van der Waals surface area contributed by atoms with Crippen molar-refractivity contribution in [1.82, 2.24) is 14.5 Å². The van der Waals surface area contributed by atoms with E-state index in [2.05, 4.69) is 26.2 Å². The number of carbonyl (C=O) groups is 2. The Hall–Kier alpha value is -3.00. The van der Waals surface area contributed by atoms with E-state index in [1.165, 1.54) is 15.8 Å². The fourth-order valence-electron chi connectivity index (χ4n) is 3.13. The molecule has 2 amide bonds. The second-order valence-corrected chi connectivity index (χ2v) is 7.93. The van der Waals surface area contributed by atoms with E-state index in [1.807, 2.05) is 38.1 Å². The van der Waals surface area contributed by atoms with Gasteiger partial charge in [0.25, 0.3) is 5.56 Å². The number of rotatable bonds is 7. The largest absolute Gasteiger partial charge is 0.332 e. The fourth-order valence-corrected chi connectivity index (χ4v) is 3.49. The summed E-state index contributed by atoms with van der Waals surface area (Å²) in [6.07, 6.45) is 2.06. The smallest absolute Gasteiger partial charge is 0.261 e. The van der Waals surface area contributed by atoms with E-state index in [0.717, 1.165) is 10.0 Å². The molecule has 3 rings (SSSR count). The summed E-state index contributed by atoms with van der Waals surface area (Å²) in [4.78, 5) is 43.8. The van der Waals surface area contributed by atoms with Crippen molar-refractivity contribution in [3.63, 3.8) is 0 Å². The lowest BCUT2D eigenvalue weighted by atomic mass is 10.2. The van der Waals surface area contributed by atoms with Gasteiger partial charge < -0.3 is 10.2 Å². The number of carbonyl (C=O) groups excluding carboxylic acids is 2. The number of benzene rings is 2. The zero-order valence-electron chi connectivity index (χ0n) is 16.9. The van der Waals surface area contributed by atoms with Gasteiger partial charge in [0.2, 0.25) is 11.8 Å². The van der Waals surface area contributed by atoms with Gasteiger partial charge in [-0.25, -0.2) is 4.98 Å². The first-order valence-electron chi connectivity index (χ1n) is 9.67. The summed E-state index contributed by atoms with van der Waals surface area (Å²) in [6, 6.07) is 12.7. The van der Waals surface area contributed by atoms with E-state index in [0.29, 0.717) is 29.6 Å². The van der Waals surface area contributed by atoms with Crippen molar-refractivity contribution in [3.05, 3.63) is 69.2 Å². The number of nitrogens with zero attached hydrogens (tertiary/aromatic N) is 3. The van der Waals surface area contributed by atoms with Crippen molar-refractivity contribution in [3.8, 4) is 0 Å². The molecule has 0 radical (unpaired) electrons. The molecule has 0 saturated heterocycles. The molecule has 1 aromatic heterocycles. The molecule has 0 aliphatic carbocycles. The van der Waals surface area contributed by atoms with Gasteiger partial charge in [0, 0.05) is 16.7 Å². The van der Waals surface area contributed by atoms with Crippen LogP contribution in [0.15, 0.2) is 58.1 Å². The molecule has 0 saturated carbocycles. The lowest BCUT2D eigenvalue weighted by Crippen LogP contribution is -2.41. The molecule has 0 unspecified atom stereocenters. The van der Waals surface area contributed by atoms with Crippen molar-refractivity contribution in [2.24, 2.45) is 0 Å². The van der Waals surface area contributed by atoms with Crippen LogP contribution < -0.4 is 10.9 Å². The number of aryl methyl sites for hydroxylation is 1. The van der Waals surface area contributed by atoms with E-state index in [1.54, 1.807) is 18.2 Å². The topological polar surface area (TPSA) is 84.3 Å². The first-order chi connectivity index (χ1) is 14.4. The van der Waals surface area contributed by atoms with Gasteiger partial charge in [-0.1, -0.05) is 41.1 Å². The number of hydrogen-bond acceptors (Lipinski definition) is 4. The minimum absolute atomic E-state index is 0.0810. The quantitative estimate of drug-likeness (QED) is 0.573. The van der Waals surface area contributed by atoms with Crippen LogP contribution in [-0.4, -0.2) is 39.4 Å². The first-order valence-corrected chi connectivity index (χ1v) is 10.5. The molecule has 3 aromatic rings. The molecule has 30 heavy (non-hydrogen) atoms. The predicted molar refractivity (Wildman–Crippen MR) is 120 cm³/mol. The van der Waals surface area contributed by atoms with Crippen LogP contribution in [0.2, 0.25) is 0 Å². The van der Waals surface area contributed by atoms with Gasteiger partial charge in [0.1, 0.15) is 6.54 Å². The average Bonchev–Trinajstić information content (AvgIpc) is 2.72. The van der Waals surface area contributed by atoms with Crippen molar-refractivity contribution < 1.29 is 9.59 Å². The summed E-state index contributed by atoms with van der Waals surface area (Å²) in [6.45, 7) is 4.00. The van der Waals surface area contributed by atoms with E-state index in [9.17, 15) is 14.4 Å². The SMILES string of the molecule is CCCN(CC(=O)Nc1ccccc1C)C(=O)Cn1cnc2ccc(Br)cc2c1=O. The molecule has 0 fully saturated rings. The molecule has 1 N–H and O–H groups in total. The van der Waals surface area contributed by atoms with Crippen LogP contribution in [0.25, 0.3) is 10.9 Å². The number of halogens is 1. The molecular weight excluding hydrogens is 448 g/mol. The highest BCUT2D eigenvalue weighted by Crippen LogP contribution is 2.15. The summed E-state index contributed by atoms with van der Waals surface area (Å²) < 4.78 is 2.04. The average molecular weight is 471 g/mol. The van der Waals surface area contributed by atoms with Gasteiger partial charge in [-0.3, -0.25) is 19.0 Å². The Morgan fingerprint density at radius 2 is 1.97 bits per heavy atom. The highest BCUT2D eigenvalue weighted by Gasteiger charge is 2.18. The molecule has 2 aromatic carbocycles. The van der Waals surface area contributed by atoms with E-state index >= 15 is 0 Å². The van der Waals surface area contributed by atoms with E-state index in [-0.39, 0.29) is 30.5 Å². The fraction of sp³-hybridized carbons (Fsp3) is 0.273. The number of aromatic nitrogens is 2. The van der Waals surface area contributed by atoms with Gasteiger partial charge in [-0.05, 0) is 43.2 Å². The summed E-state index contributed by atoms with van der Waals surface area (Å²) in [5, 5.41) is 3.27. The number of nitrogens with one attached hydrogen (secondary N) is 1. The Morgan fingerprint density at radius 1 is 1.20 bits per heavy atom. The molecule has 1 heterocycles. The second kappa shape index (κ2) is 9.67. The number of anilines is 1. The third kappa shape index (κ3) is 5.13. The van der Waals surface area contributed by atoms with Crippen molar-refractivity contribution >= 4 is 44.3 Å². The Kier molecular flexibility index (Phi) is 6.99. The standard InChI is InChI=1S/C22H23BrN4O3/c1-3-10-26(12-20(28)25-18-7-5-4-6-15(18)2)21(29)13-27-14-24-19-9-8-16(23)11-17(19)22(27)30/h4-9,11,14H,3,10,12-13H2,1-2H3,(H,25,28). The molecule has 7 nitrogen and oxygen atoms in total. The van der Waals surface area contributed by atoms with Crippen LogP contribution in [0.4, 0.5) is 5.69 Å². The number of amides is 2. The van der Waals surface area contributed by atoms with Gasteiger partial charge in [-0.15, -0.1) is 0 Å². The maximum atomic E-state index is 12.9. The van der Waals surface area contributed by atoms with E-state index in [4.69, 9.17) is 0 Å². The Morgan fingerprint density at radius 3 is 2.70 bits per heavy atom. The van der Waals surface area contributed by atoms with Crippen LogP contribution in [0.5, 0.6) is 0 Å². The van der Waals surface area contributed by atoms with E-state index < -0.39 is 0 Å². The lowest BCUT2D eigenvalue weighted by Gasteiger charge is -2.22. The lowest BCUT2D eigenvalue weighted by molar-refractivity contribution is -0.135. The summed E-state index contributed by atoms with van der Waals surface area (Å²) in [5.74, 6) is -0.589. The van der Waals surface area contributed by atoms with Crippen LogP contribution in [0, 0.1) is 6.92 Å². The summed E-state index contributed by atoms with van der Waals surface area (Å²) in [7, 11) is 0. The zero-order valence-corrected chi connectivity index (χ0v) is 18.5. The molecule has 0 spiro atoms. The summed E-state index contributed by atoms with van der Waals surface area (Å²) in [5.41, 5.74) is 1.93. The van der Waals surface area contributed by atoms with Crippen molar-refractivity contribution in [2.45, 2.75) is 26.8 Å².